The molecule has 0 saturated carbocycles. The van der Waals surface area contributed by atoms with E-state index < -0.39 is 0 Å². The molecule has 0 bridgehead atoms. The Hall–Kier alpha value is -1.41. The number of benzene rings is 2. The molecular weight excluding hydrogens is 225 g/mol. The summed E-state index contributed by atoms with van der Waals surface area (Å²) in [6.07, 6.45) is 3.09. The van der Waals surface area contributed by atoms with Gasteiger partial charge in [-0.05, 0) is 47.8 Å². The molecule has 0 aliphatic heterocycles. The molecule has 0 heterocycles. The highest BCUT2D eigenvalue weighted by molar-refractivity contribution is 5.87. The summed E-state index contributed by atoms with van der Waals surface area (Å²) in [7, 11) is 0. The van der Waals surface area contributed by atoms with Crippen LogP contribution in [0.3, 0.4) is 0 Å². The van der Waals surface area contributed by atoms with E-state index in [9.17, 15) is 4.39 Å². The molecule has 1 aliphatic carbocycles. The topological polar surface area (TPSA) is 26.0 Å². The monoisotopic (exact) mass is 243 g/mol. The fourth-order valence-corrected chi connectivity index (χ4v) is 3.09. The Kier molecular flexibility index (Phi) is 2.83. The van der Waals surface area contributed by atoms with Gasteiger partial charge in [-0.1, -0.05) is 31.2 Å². The molecule has 0 aromatic heterocycles. The van der Waals surface area contributed by atoms with Crippen molar-refractivity contribution in [3.8, 4) is 0 Å². The van der Waals surface area contributed by atoms with Gasteiger partial charge in [0, 0.05) is 11.4 Å². The van der Waals surface area contributed by atoms with Gasteiger partial charge in [0.15, 0.2) is 0 Å². The van der Waals surface area contributed by atoms with Crippen molar-refractivity contribution in [3.05, 3.63) is 47.3 Å². The molecule has 2 N–H and O–H groups in total. The van der Waals surface area contributed by atoms with Crippen LogP contribution < -0.4 is 5.73 Å². The number of aryl methyl sites for hydroxylation is 1. The van der Waals surface area contributed by atoms with E-state index in [1.54, 1.807) is 6.07 Å². The summed E-state index contributed by atoms with van der Waals surface area (Å²) >= 11 is 0. The zero-order valence-corrected chi connectivity index (χ0v) is 10.6. The molecular formula is C16H18FN. The quantitative estimate of drug-likeness (QED) is 0.696. The maximum Gasteiger partial charge on any atom is 0.131 e. The highest BCUT2D eigenvalue weighted by atomic mass is 19.1. The Balaban J connectivity index is 2.28. The molecule has 2 aromatic carbocycles. The van der Waals surface area contributed by atoms with Crippen LogP contribution in [0.5, 0.6) is 0 Å². The smallest absolute Gasteiger partial charge is 0.131 e. The molecule has 3 rings (SSSR count). The average Bonchev–Trinajstić information content (AvgIpc) is 2.50. The first-order valence-corrected chi connectivity index (χ1v) is 6.62. The van der Waals surface area contributed by atoms with Crippen LogP contribution >= 0.6 is 0 Å². The fraction of sp³-hybridized carbons (Fsp3) is 0.375. The first-order chi connectivity index (χ1) is 8.66. The van der Waals surface area contributed by atoms with Crippen LogP contribution in [-0.4, -0.2) is 0 Å². The van der Waals surface area contributed by atoms with E-state index in [1.807, 2.05) is 24.3 Å². The Morgan fingerprint density at radius 1 is 1.22 bits per heavy atom. The summed E-state index contributed by atoms with van der Waals surface area (Å²) in [5, 5.41) is 1.76. The van der Waals surface area contributed by atoms with Gasteiger partial charge in [-0.3, -0.25) is 0 Å². The summed E-state index contributed by atoms with van der Waals surface area (Å²) < 4.78 is 14.1. The maximum atomic E-state index is 14.1. The minimum atomic E-state index is -0.144. The molecule has 0 saturated heterocycles. The summed E-state index contributed by atoms with van der Waals surface area (Å²) in [6.45, 7) is 2.23. The Labute approximate surface area is 107 Å². The molecule has 0 radical (unpaired) electrons. The third-order valence-corrected chi connectivity index (χ3v) is 4.08. The SMILES string of the molecule is CC1CCc2c(cc(F)c3ccccc23)C(N)C1. The number of fused-ring (bicyclic) bond motifs is 3. The largest absolute Gasteiger partial charge is 0.324 e. The van der Waals surface area contributed by atoms with Crippen LogP contribution in [0.4, 0.5) is 4.39 Å². The van der Waals surface area contributed by atoms with Crippen molar-refractivity contribution in [1.29, 1.82) is 0 Å². The number of hydrogen-bond donors (Lipinski definition) is 1. The highest BCUT2D eigenvalue weighted by Gasteiger charge is 2.22. The van der Waals surface area contributed by atoms with Gasteiger partial charge in [0.2, 0.25) is 0 Å². The van der Waals surface area contributed by atoms with Crippen LogP contribution in [0.15, 0.2) is 30.3 Å². The normalized spacial score (nSPS) is 23.7. The lowest BCUT2D eigenvalue weighted by Crippen LogP contribution is -2.13. The molecule has 2 atom stereocenters. The molecule has 0 amide bonds. The Bertz CT molecular complexity index is 591. The third-order valence-electron chi connectivity index (χ3n) is 4.08. The van der Waals surface area contributed by atoms with Gasteiger partial charge in [-0.15, -0.1) is 0 Å². The lowest BCUT2D eigenvalue weighted by molar-refractivity contribution is 0.463. The van der Waals surface area contributed by atoms with Crippen LogP contribution in [0.25, 0.3) is 10.8 Å². The van der Waals surface area contributed by atoms with Gasteiger partial charge in [0.1, 0.15) is 5.82 Å². The van der Waals surface area contributed by atoms with E-state index in [-0.39, 0.29) is 11.9 Å². The number of nitrogens with two attached hydrogens (primary N) is 1. The lowest BCUT2D eigenvalue weighted by Gasteiger charge is -2.16. The standard InChI is InChI=1S/C16H18FN/c1-10-6-7-12-11-4-2-3-5-13(11)15(17)9-14(12)16(18)8-10/h2-5,9-10,16H,6-8,18H2,1H3. The molecule has 1 aliphatic rings. The second-order valence-corrected chi connectivity index (χ2v) is 5.46. The summed E-state index contributed by atoms with van der Waals surface area (Å²) in [5.74, 6) is 0.462. The fourth-order valence-electron chi connectivity index (χ4n) is 3.09. The van der Waals surface area contributed by atoms with Crippen molar-refractivity contribution in [2.75, 3.05) is 0 Å². The van der Waals surface area contributed by atoms with Crippen molar-refractivity contribution in [2.45, 2.75) is 32.2 Å². The molecule has 18 heavy (non-hydrogen) atoms. The van der Waals surface area contributed by atoms with E-state index in [0.29, 0.717) is 5.92 Å². The molecule has 0 spiro atoms. The zero-order chi connectivity index (χ0) is 12.7. The van der Waals surface area contributed by atoms with E-state index >= 15 is 0 Å². The molecule has 1 nitrogen and oxygen atoms in total. The average molecular weight is 243 g/mol. The minimum Gasteiger partial charge on any atom is -0.324 e. The Morgan fingerprint density at radius 3 is 2.72 bits per heavy atom. The van der Waals surface area contributed by atoms with Gasteiger partial charge in [-0.2, -0.15) is 0 Å². The number of hydrogen-bond acceptors (Lipinski definition) is 1. The highest BCUT2D eigenvalue weighted by Crippen LogP contribution is 2.35. The predicted molar refractivity (Wildman–Crippen MR) is 72.9 cm³/mol. The van der Waals surface area contributed by atoms with Crippen LogP contribution in [-0.2, 0) is 6.42 Å². The van der Waals surface area contributed by atoms with Gasteiger partial charge < -0.3 is 5.73 Å². The first kappa shape index (κ1) is 11.7. The molecule has 2 unspecified atom stereocenters. The van der Waals surface area contributed by atoms with Crippen molar-refractivity contribution < 1.29 is 4.39 Å². The Morgan fingerprint density at radius 2 is 1.94 bits per heavy atom. The maximum absolute atomic E-state index is 14.1. The van der Waals surface area contributed by atoms with Crippen molar-refractivity contribution >= 4 is 10.8 Å². The predicted octanol–water partition coefficient (Wildman–Crippen LogP) is 3.95. The first-order valence-electron chi connectivity index (χ1n) is 6.62. The van der Waals surface area contributed by atoms with E-state index in [4.69, 9.17) is 5.73 Å². The van der Waals surface area contributed by atoms with Gasteiger partial charge in [0.25, 0.3) is 0 Å². The molecule has 94 valence electrons. The zero-order valence-electron chi connectivity index (χ0n) is 10.6. The molecule has 2 aromatic rings. The van der Waals surface area contributed by atoms with E-state index in [1.165, 1.54) is 5.56 Å². The van der Waals surface area contributed by atoms with E-state index in [0.717, 1.165) is 35.6 Å². The van der Waals surface area contributed by atoms with Crippen LogP contribution in [0, 0.1) is 11.7 Å². The lowest BCUT2D eigenvalue weighted by atomic mass is 9.93. The van der Waals surface area contributed by atoms with Crippen molar-refractivity contribution in [2.24, 2.45) is 11.7 Å². The number of halogens is 1. The van der Waals surface area contributed by atoms with Crippen molar-refractivity contribution in [3.63, 3.8) is 0 Å². The van der Waals surface area contributed by atoms with Gasteiger partial charge >= 0.3 is 0 Å². The second-order valence-electron chi connectivity index (χ2n) is 5.46. The minimum absolute atomic E-state index is 0.0309. The summed E-state index contributed by atoms with van der Waals surface area (Å²) in [4.78, 5) is 0. The van der Waals surface area contributed by atoms with Crippen molar-refractivity contribution in [1.82, 2.24) is 0 Å². The summed E-state index contributed by atoms with van der Waals surface area (Å²) in [6, 6.07) is 9.35. The van der Waals surface area contributed by atoms with Crippen LogP contribution in [0.1, 0.15) is 36.9 Å². The third kappa shape index (κ3) is 1.81. The van der Waals surface area contributed by atoms with Gasteiger partial charge in [-0.25, -0.2) is 4.39 Å². The summed E-state index contributed by atoms with van der Waals surface area (Å²) in [5.41, 5.74) is 8.49. The van der Waals surface area contributed by atoms with Crippen LogP contribution in [0.2, 0.25) is 0 Å². The molecule has 2 heteroatoms. The molecule has 0 fully saturated rings. The van der Waals surface area contributed by atoms with E-state index in [2.05, 4.69) is 6.92 Å². The second kappa shape index (κ2) is 4.36. The van der Waals surface area contributed by atoms with Gasteiger partial charge in [0.05, 0.1) is 0 Å². The number of rotatable bonds is 0.